The molecular formula is C18H12N2O3. The highest BCUT2D eigenvalue weighted by atomic mass is 16.3. The molecule has 3 N–H and O–H groups in total. The molecule has 0 spiro atoms. The molecule has 0 fully saturated rings. The lowest BCUT2D eigenvalue weighted by Gasteiger charge is -2.08. The predicted octanol–water partition coefficient (Wildman–Crippen LogP) is 2.74. The molecule has 5 heteroatoms. The van der Waals surface area contributed by atoms with Crippen molar-refractivity contribution in [1.82, 2.24) is 9.97 Å². The molecule has 0 aliphatic carbocycles. The van der Waals surface area contributed by atoms with Crippen LogP contribution in [0.4, 0.5) is 0 Å². The number of hydrogen-bond donors (Lipinski definition) is 3. The van der Waals surface area contributed by atoms with Gasteiger partial charge in [-0.25, -0.2) is 0 Å². The Hall–Kier alpha value is -3.34. The Balaban J connectivity index is 2.21. The lowest BCUT2D eigenvalue weighted by atomic mass is 10.0. The number of rotatable bonds is 1. The SMILES string of the molecule is O=c1[nH]c2[nH]c3ccccc3c(=O)c2c(O)c1-c1ccccc1. The summed E-state index contributed by atoms with van der Waals surface area (Å²) in [5.41, 5.74) is 0.704. The maximum Gasteiger partial charge on any atom is 0.261 e. The van der Waals surface area contributed by atoms with Crippen molar-refractivity contribution < 1.29 is 5.11 Å². The molecule has 23 heavy (non-hydrogen) atoms. The molecule has 0 amide bonds. The summed E-state index contributed by atoms with van der Waals surface area (Å²) in [4.78, 5) is 30.7. The Morgan fingerprint density at radius 2 is 1.52 bits per heavy atom. The van der Waals surface area contributed by atoms with Crippen LogP contribution in [0.5, 0.6) is 5.75 Å². The summed E-state index contributed by atoms with van der Waals surface area (Å²) in [5.74, 6) is -0.304. The van der Waals surface area contributed by atoms with Crippen LogP contribution in [-0.4, -0.2) is 15.1 Å². The highest BCUT2D eigenvalue weighted by molar-refractivity contribution is 5.97. The molecule has 0 radical (unpaired) electrons. The summed E-state index contributed by atoms with van der Waals surface area (Å²) in [6, 6.07) is 15.8. The molecule has 4 aromatic rings. The first-order valence-corrected chi connectivity index (χ1v) is 7.12. The van der Waals surface area contributed by atoms with Gasteiger partial charge < -0.3 is 15.1 Å². The van der Waals surface area contributed by atoms with E-state index < -0.39 is 5.56 Å². The minimum absolute atomic E-state index is 0.0853. The van der Waals surface area contributed by atoms with Gasteiger partial charge >= 0.3 is 0 Å². The Kier molecular flexibility index (Phi) is 2.81. The van der Waals surface area contributed by atoms with E-state index in [-0.39, 0.29) is 27.8 Å². The van der Waals surface area contributed by atoms with E-state index in [4.69, 9.17) is 0 Å². The van der Waals surface area contributed by atoms with Gasteiger partial charge in [0.15, 0.2) is 0 Å². The second kappa shape index (κ2) is 4.84. The molecule has 0 saturated heterocycles. The van der Waals surface area contributed by atoms with Gasteiger partial charge in [-0.15, -0.1) is 0 Å². The van der Waals surface area contributed by atoms with Crippen LogP contribution >= 0.6 is 0 Å². The number of H-pyrrole nitrogens is 2. The molecular weight excluding hydrogens is 292 g/mol. The van der Waals surface area contributed by atoms with Crippen LogP contribution in [-0.2, 0) is 0 Å². The summed E-state index contributed by atoms with van der Waals surface area (Å²) >= 11 is 0. The quantitative estimate of drug-likeness (QED) is 0.473. The number of aromatic nitrogens is 2. The average Bonchev–Trinajstić information content (AvgIpc) is 2.55. The first-order chi connectivity index (χ1) is 11.2. The smallest absolute Gasteiger partial charge is 0.261 e. The van der Waals surface area contributed by atoms with Gasteiger partial charge in [-0.3, -0.25) is 9.59 Å². The van der Waals surface area contributed by atoms with Crippen LogP contribution in [0, 0.1) is 0 Å². The van der Waals surface area contributed by atoms with E-state index in [1.807, 2.05) is 6.07 Å². The third-order valence-corrected chi connectivity index (χ3v) is 3.91. The molecule has 4 rings (SSSR count). The highest BCUT2D eigenvalue weighted by Crippen LogP contribution is 2.30. The minimum atomic E-state index is -0.452. The Morgan fingerprint density at radius 1 is 0.826 bits per heavy atom. The molecule has 112 valence electrons. The molecule has 0 aliphatic heterocycles. The van der Waals surface area contributed by atoms with Crippen LogP contribution in [0.15, 0.2) is 64.2 Å². The zero-order valence-corrected chi connectivity index (χ0v) is 12.0. The van der Waals surface area contributed by atoms with Gasteiger partial charge in [0.25, 0.3) is 5.56 Å². The number of pyridine rings is 2. The molecule has 0 bridgehead atoms. The van der Waals surface area contributed by atoms with Crippen LogP contribution in [0.3, 0.4) is 0 Å². The minimum Gasteiger partial charge on any atom is -0.506 e. The molecule has 0 unspecified atom stereocenters. The van der Waals surface area contributed by atoms with Gasteiger partial charge in [0.1, 0.15) is 16.8 Å². The Labute approximate surface area is 129 Å². The molecule has 2 aromatic heterocycles. The zero-order chi connectivity index (χ0) is 16.0. The van der Waals surface area contributed by atoms with Crippen LogP contribution in [0.1, 0.15) is 0 Å². The molecule has 2 aromatic carbocycles. The van der Waals surface area contributed by atoms with Gasteiger partial charge in [-0.2, -0.15) is 0 Å². The van der Waals surface area contributed by atoms with Crippen molar-refractivity contribution in [3.8, 4) is 16.9 Å². The molecule has 2 heterocycles. The monoisotopic (exact) mass is 304 g/mol. The fourth-order valence-electron chi connectivity index (χ4n) is 2.84. The standard InChI is InChI=1S/C18H12N2O3/c21-15-11-8-4-5-9-12(11)19-17-14(15)16(22)13(18(23)20-17)10-6-2-1-3-7-10/h1-9H,(H3,19,20,21,22,23). The predicted molar refractivity (Wildman–Crippen MR) is 89.8 cm³/mol. The van der Waals surface area contributed by atoms with Gasteiger partial charge in [-0.1, -0.05) is 42.5 Å². The van der Waals surface area contributed by atoms with Crippen LogP contribution in [0.2, 0.25) is 0 Å². The second-order valence-electron chi connectivity index (χ2n) is 5.29. The van der Waals surface area contributed by atoms with Gasteiger partial charge in [0, 0.05) is 5.39 Å². The number of nitrogens with one attached hydrogen (secondary N) is 2. The van der Waals surface area contributed by atoms with Crippen molar-refractivity contribution in [1.29, 1.82) is 0 Å². The summed E-state index contributed by atoms with van der Waals surface area (Å²) in [6.07, 6.45) is 0. The number of benzene rings is 2. The third-order valence-electron chi connectivity index (χ3n) is 3.91. The number of aromatic hydroxyl groups is 1. The van der Waals surface area contributed by atoms with E-state index in [2.05, 4.69) is 9.97 Å². The van der Waals surface area contributed by atoms with E-state index in [9.17, 15) is 14.7 Å². The number of aromatic amines is 2. The summed E-state index contributed by atoms with van der Waals surface area (Å²) < 4.78 is 0. The van der Waals surface area contributed by atoms with Crippen LogP contribution < -0.4 is 11.0 Å². The van der Waals surface area contributed by atoms with Crippen molar-refractivity contribution in [2.75, 3.05) is 0 Å². The van der Waals surface area contributed by atoms with Gasteiger partial charge in [0.05, 0.1) is 11.1 Å². The van der Waals surface area contributed by atoms with Crippen molar-refractivity contribution in [2.45, 2.75) is 0 Å². The van der Waals surface area contributed by atoms with E-state index in [0.717, 1.165) is 0 Å². The van der Waals surface area contributed by atoms with Gasteiger partial charge in [0.2, 0.25) is 5.43 Å². The fourth-order valence-corrected chi connectivity index (χ4v) is 2.84. The van der Waals surface area contributed by atoms with Crippen molar-refractivity contribution in [2.24, 2.45) is 0 Å². The van der Waals surface area contributed by atoms with Crippen molar-refractivity contribution in [3.63, 3.8) is 0 Å². The summed E-state index contributed by atoms with van der Waals surface area (Å²) in [5, 5.41) is 11.1. The van der Waals surface area contributed by atoms with Crippen molar-refractivity contribution in [3.05, 3.63) is 75.2 Å². The lowest BCUT2D eigenvalue weighted by Crippen LogP contribution is -2.14. The van der Waals surface area contributed by atoms with Crippen LogP contribution in [0.25, 0.3) is 33.1 Å². The topological polar surface area (TPSA) is 86.0 Å². The molecule has 5 nitrogen and oxygen atoms in total. The average molecular weight is 304 g/mol. The largest absolute Gasteiger partial charge is 0.506 e. The van der Waals surface area contributed by atoms with E-state index in [0.29, 0.717) is 16.5 Å². The number of para-hydroxylation sites is 1. The maximum absolute atomic E-state index is 12.7. The third kappa shape index (κ3) is 1.94. The lowest BCUT2D eigenvalue weighted by molar-refractivity contribution is 0.482. The Bertz CT molecular complexity index is 1160. The molecule has 0 atom stereocenters. The maximum atomic E-state index is 12.7. The molecule has 0 aliphatic rings. The number of fused-ring (bicyclic) bond motifs is 2. The normalized spacial score (nSPS) is 11.1. The highest BCUT2D eigenvalue weighted by Gasteiger charge is 2.17. The van der Waals surface area contributed by atoms with E-state index in [1.165, 1.54) is 0 Å². The van der Waals surface area contributed by atoms with Crippen molar-refractivity contribution >= 4 is 21.9 Å². The Morgan fingerprint density at radius 3 is 2.30 bits per heavy atom. The second-order valence-corrected chi connectivity index (χ2v) is 5.29. The summed E-state index contributed by atoms with van der Waals surface area (Å²) in [6.45, 7) is 0. The molecule has 0 saturated carbocycles. The van der Waals surface area contributed by atoms with Gasteiger partial charge in [-0.05, 0) is 17.7 Å². The van der Waals surface area contributed by atoms with E-state index >= 15 is 0 Å². The van der Waals surface area contributed by atoms with E-state index in [1.54, 1.807) is 48.5 Å². The summed E-state index contributed by atoms with van der Waals surface area (Å²) in [7, 11) is 0. The first kappa shape index (κ1) is 13.3. The zero-order valence-electron chi connectivity index (χ0n) is 12.0. The first-order valence-electron chi connectivity index (χ1n) is 7.12. The fraction of sp³-hybridized carbons (Fsp3) is 0. The number of hydrogen-bond acceptors (Lipinski definition) is 3.